The number of aryl methyl sites for hydroxylation is 2. The fraction of sp³-hybridized carbons (Fsp3) is 0.286. The van der Waals surface area contributed by atoms with Gasteiger partial charge in [0.1, 0.15) is 5.82 Å². The molecule has 0 aliphatic heterocycles. The lowest BCUT2D eigenvalue weighted by Gasteiger charge is -2.16. The van der Waals surface area contributed by atoms with Crippen LogP contribution in [0.25, 0.3) is 0 Å². The van der Waals surface area contributed by atoms with Crippen LogP contribution >= 0.6 is 0 Å². The normalized spacial score (nSPS) is 12.2. The summed E-state index contributed by atoms with van der Waals surface area (Å²) in [7, 11) is 0. The van der Waals surface area contributed by atoms with Crippen LogP contribution in [0.3, 0.4) is 0 Å². The SMILES string of the molecule is Cc1ccc(NC(C)c2nccnc2C)c(F)c1. The number of benzene rings is 1. The molecule has 0 amide bonds. The third-order valence-corrected chi connectivity index (χ3v) is 2.83. The molecule has 0 bridgehead atoms. The van der Waals surface area contributed by atoms with Crippen molar-refractivity contribution in [3.05, 3.63) is 53.4 Å². The van der Waals surface area contributed by atoms with E-state index in [9.17, 15) is 4.39 Å². The average Bonchev–Trinajstić information content (AvgIpc) is 2.33. The van der Waals surface area contributed by atoms with Crippen molar-refractivity contribution in [3.63, 3.8) is 0 Å². The summed E-state index contributed by atoms with van der Waals surface area (Å²) < 4.78 is 13.7. The fourth-order valence-electron chi connectivity index (χ4n) is 1.88. The van der Waals surface area contributed by atoms with Crippen LogP contribution in [-0.4, -0.2) is 9.97 Å². The lowest BCUT2D eigenvalue weighted by molar-refractivity contribution is 0.625. The van der Waals surface area contributed by atoms with Gasteiger partial charge < -0.3 is 5.32 Å². The molecule has 1 N–H and O–H groups in total. The third-order valence-electron chi connectivity index (χ3n) is 2.83. The molecule has 0 aliphatic carbocycles. The Hall–Kier alpha value is -1.97. The van der Waals surface area contributed by atoms with Crippen LogP contribution in [0.4, 0.5) is 10.1 Å². The van der Waals surface area contributed by atoms with Gasteiger partial charge in [0.15, 0.2) is 0 Å². The van der Waals surface area contributed by atoms with Crippen LogP contribution in [0.2, 0.25) is 0 Å². The van der Waals surface area contributed by atoms with Crippen molar-refractivity contribution >= 4 is 5.69 Å². The molecule has 1 atom stereocenters. The van der Waals surface area contributed by atoms with Gasteiger partial charge in [-0.1, -0.05) is 6.07 Å². The maximum Gasteiger partial charge on any atom is 0.146 e. The minimum absolute atomic E-state index is 0.0871. The van der Waals surface area contributed by atoms with Crippen molar-refractivity contribution in [1.82, 2.24) is 9.97 Å². The summed E-state index contributed by atoms with van der Waals surface area (Å²) in [4.78, 5) is 8.46. The predicted octanol–water partition coefficient (Wildman–Crippen LogP) is 3.41. The number of halogens is 1. The van der Waals surface area contributed by atoms with E-state index in [1.165, 1.54) is 6.07 Å². The van der Waals surface area contributed by atoms with E-state index in [1.54, 1.807) is 18.5 Å². The number of aromatic nitrogens is 2. The first-order valence-electron chi connectivity index (χ1n) is 5.88. The van der Waals surface area contributed by atoms with E-state index in [2.05, 4.69) is 15.3 Å². The van der Waals surface area contributed by atoms with Gasteiger partial charge >= 0.3 is 0 Å². The molecule has 4 heteroatoms. The molecule has 2 aromatic rings. The summed E-state index contributed by atoms with van der Waals surface area (Å²) in [5.41, 5.74) is 3.07. The van der Waals surface area contributed by atoms with Crippen molar-refractivity contribution < 1.29 is 4.39 Å². The standard InChI is InChI=1S/C14H16FN3/c1-9-4-5-13(12(15)8-9)18-11(3)14-10(2)16-6-7-17-14/h4-8,11,18H,1-3H3. The van der Waals surface area contributed by atoms with Crippen LogP contribution in [0.15, 0.2) is 30.6 Å². The molecule has 0 radical (unpaired) electrons. The number of hydrogen-bond donors (Lipinski definition) is 1. The summed E-state index contributed by atoms with van der Waals surface area (Å²) in [5, 5.41) is 3.12. The van der Waals surface area contributed by atoms with Crippen molar-refractivity contribution in [2.24, 2.45) is 0 Å². The Labute approximate surface area is 106 Å². The maximum absolute atomic E-state index is 13.7. The minimum atomic E-state index is -0.247. The van der Waals surface area contributed by atoms with Gasteiger partial charge in [0.05, 0.1) is 23.1 Å². The molecule has 1 aromatic heterocycles. The summed E-state index contributed by atoms with van der Waals surface area (Å²) >= 11 is 0. The molecule has 1 unspecified atom stereocenters. The number of anilines is 1. The van der Waals surface area contributed by atoms with Gasteiger partial charge in [0.2, 0.25) is 0 Å². The fourth-order valence-corrected chi connectivity index (χ4v) is 1.88. The first-order chi connectivity index (χ1) is 8.58. The molecule has 1 aromatic carbocycles. The Morgan fingerprint density at radius 2 is 1.89 bits per heavy atom. The molecular formula is C14H16FN3. The van der Waals surface area contributed by atoms with E-state index < -0.39 is 0 Å². The highest BCUT2D eigenvalue weighted by atomic mass is 19.1. The molecule has 18 heavy (non-hydrogen) atoms. The van der Waals surface area contributed by atoms with Gasteiger partial charge in [-0.05, 0) is 38.5 Å². The van der Waals surface area contributed by atoms with Gasteiger partial charge in [-0.15, -0.1) is 0 Å². The second-order valence-corrected chi connectivity index (χ2v) is 4.38. The maximum atomic E-state index is 13.7. The highest BCUT2D eigenvalue weighted by molar-refractivity contribution is 5.47. The molecule has 94 valence electrons. The van der Waals surface area contributed by atoms with E-state index in [0.717, 1.165) is 17.0 Å². The average molecular weight is 245 g/mol. The Morgan fingerprint density at radius 3 is 2.56 bits per heavy atom. The van der Waals surface area contributed by atoms with E-state index in [4.69, 9.17) is 0 Å². The molecule has 0 saturated heterocycles. The summed E-state index contributed by atoms with van der Waals surface area (Å²) in [6, 6.07) is 5.04. The second-order valence-electron chi connectivity index (χ2n) is 4.38. The smallest absolute Gasteiger partial charge is 0.146 e. The van der Waals surface area contributed by atoms with Crippen LogP contribution in [0.5, 0.6) is 0 Å². The van der Waals surface area contributed by atoms with Crippen LogP contribution < -0.4 is 5.32 Å². The van der Waals surface area contributed by atoms with E-state index >= 15 is 0 Å². The lowest BCUT2D eigenvalue weighted by atomic mass is 10.1. The first kappa shape index (κ1) is 12.5. The zero-order valence-corrected chi connectivity index (χ0v) is 10.7. The van der Waals surface area contributed by atoms with Gasteiger partial charge in [-0.25, -0.2) is 4.39 Å². The van der Waals surface area contributed by atoms with E-state index in [1.807, 2.05) is 26.8 Å². The zero-order valence-electron chi connectivity index (χ0n) is 10.7. The van der Waals surface area contributed by atoms with Crippen molar-refractivity contribution in [2.75, 3.05) is 5.32 Å². The Bertz CT molecular complexity index is 554. The Kier molecular flexibility index (Phi) is 3.55. The molecular weight excluding hydrogens is 229 g/mol. The highest BCUT2D eigenvalue weighted by Crippen LogP contribution is 2.22. The monoisotopic (exact) mass is 245 g/mol. The number of hydrogen-bond acceptors (Lipinski definition) is 3. The minimum Gasteiger partial charge on any atom is -0.375 e. The summed E-state index contributed by atoms with van der Waals surface area (Å²) in [6.07, 6.45) is 3.30. The first-order valence-corrected chi connectivity index (χ1v) is 5.88. The molecule has 1 heterocycles. The van der Waals surface area contributed by atoms with Gasteiger partial charge in [0.25, 0.3) is 0 Å². The molecule has 0 fully saturated rings. The van der Waals surface area contributed by atoms with Crippen LogP contribution in [0, 0.1) is 19.7 Å². The van der Waals surface area contributed by atoms with E-state index in [0.29, 0.717) is 5.69 Å². The van der Waals surface area contributed by atoms with Gasteiger partial charge in [0, 0.05) is 12.4 Å². The zero-order chi connectivity index (χ0) is 13.1. The lowest BCUT2D eigenvalue weighted by Crippen LogP contribution is -2.12. The Morgan fingerprint density at radius 1 is 1.17 bits per heavy atom. The second kappa shape index (κ2) is 5.12. The number of nitrogens with one attached hydrogen (secondary N) is 1. The highest BCUT2D eigenvalue weighted by Gasteiger charge is 2.12. The largest absolute Gasteiger partial charge is 0.375 e. The van der Waals surface area contributed by atoms with Crippen LogP contribution in [0.1, 0.15) is 29.9 Å². The van der Waals surface area contributed by atoms with Gasteiger partial charge in [-0.2, -0.15) is 0 Å². The summed E-state index contributed by atoms with van der Waals surface area (Å²) in [6.45, 7) is 5.70. The van der Waals surface area contributed by atoms with Gasteiger partial charge in [-0.3, -0.25) is 9.97 Å². The Balaban J connectivity index is 2.21. The molecule has 2 rings (SSSR count). The molecule has 0 saturated carbocycles. The van der Waals surface area contributed by atoms with E-state index in [-0.39, 0.29) is 11.9 Å². The topological polar surface area (TPSA) is 37.8 Å². The van der Waals surface area contributed by atoms with Crippen molar-refractivity contribution in [2.45, 2.75) is 26.8 Å². The summed E-state index contributed by atoms with van der Waals surface area (Å²) in [5.74, 6) is -0.247. The molecule has 3 nitrogen and oxygen atoms in total. The number of nitrogens with zero attached hydrogens (tertiary/aromatic N) is 2. The quantitative estimate of drug-likeness (QED) is 0.900. The third kappa shape index (κ3) is 2.64. The van der Waals surface area contributed by atoms with Crippen molar-refractivity contribution in [3.8, 4) is 0 Å². The van der Waals surface area contributed by atoms with Crippen LogP contribution in [-0.2, 0) is 0 Å². The predicted molar refractivity (Wildman–Crippen MR) is 69.9 cm³/mol. The molecule has 0 spiro atoms. The number of rotatable bonds is 3. The molecule has 0 aliphatic rings. The van der Waals surface area contributed by atoms with Crippen molar-refractivity contribution in [1.29, 1.82) is 0 Å².